The predicted molar refractivity (Wildman–Crippen MR) is 144 cm³/mol. The third kappa shape index (κ3) is 6.34. The number of ether oxygens (including phenoxy) is 4. The monoisotopic (exact) mass is 558 g/mol. The van der Waals surface area contributed by atoms with Crippen LogP contribution in [-0.4, -0.2) is 72.6 Å². The van der Waals surface area contributed by atoms with Crippen LogP contribution in [0.1, 0.15) is 31.1 Å². The second-order valence-electron chi connectivity index (χ2n) is 9.09. The molecule has 0 bridgehead atoms. The highest BCUT2D eigenvalue weighted by molar-refractivity contribution is 5.97. The molecule has 3 N–H and O–H groups in total. The van der Waals surface area contributed by atoms with Crippen molar-refractivity contribution in [3.8, 4) is 0 Å². The van der Waals surface area contributed by atoms with Crippen molar-refractivity contribution in [1.82, 2.24) is 10.2 Å². The first-order chi connectivity index (χ1) is 19.9. The largest absolute Gasteiger partial charge is 0.459 e. The molecule has 0 aliphatic carbocycles. The van der Waals surface area contributed by atoms with E-state index in [1.54, 1.807) is 91.0 Å². The van der Waals surface area contributed by atoms with E-state index in [1.807, 2.05) is 0 Å². The van der Waals surface area contributed by atoms with Gasteiger partial charge < -0.3 is 24.7 Å². The highest BCUT2D eigenvalue weighted by Gasteiger charge is 2.54. The Hall–Kier alpha value is -5.23. The Morgan fingerprint density at radius 1 is 0.805 bits per heavy atom. The Morgan fingerprint density at radius 3 is 1.80 bits per heavy atom. The van der Waals surface area contributed by atoms with Crippen molar-refractivity contribution in [2.45, 2.75) is 24.5 Å². The van der Waals surface area contributed by atoms with Gasteiger partial charge in [-0.25, -0.2) is 24.2 Å². The number of rotatable bonds is 8. The van der Waals surface area contributed by atoms with Crippen molar-refractivity contribution in [1.29, 1.82) is 0 Å². The molecule has 3 aromatic rings. The number of hydrogen-bond acceptors (Lipinski definition) is 10. The summed E-state index contributed by atoms with van der Waals surface area (Å²) in [6.45, 7) is -0.602. The van der Waals surface area contributed by atoms with Gasteiger partial charge in [0, 0.05) is 0 Å². The van der Waals surface area contributed by atoms with E-state index in [-0.39, 0.29) is 30.4 Å². The molecule has 1 fully saturated rings. The van der Waals surface area contributed by atoms with Gasteiger partial charge >= 0.3 is 23.9 Å². The fourth-order valence-electron chi connectivity index (χ4n) is 4.34. The number of amides is 2. The number of benzene rings is 3. The molecule has 1 saturated heterocycles. The van der Waals surface area contributed by atoms with Crippen molar-refractivity contribution in [3.05, 3.63) is 108 Å². The number of nitrogens with one attached hydrogen (secondary N) is 1. The molecule has 0 saturated carbocycles. The van der Waals surface area contributed by atoms with Crippen LogP contribution >= 0.6 is 0 Å². The normalized spacial score (nSPS) is 21.8. The molecule has 210 valence electrons. The Morgan fingerprint density at radius 2 is 1.29 bits per heavy atom. The van der Waals surface area contributed by atoms with Gasteiger partial charge in [0.25, 0.3) is 0 Å². The van der Waals surface area contributed by atoms with Crippen LogP contribution in [0.2, 0.25) is 0 Å². The van der Waals surface area contributed by atoms with E-state index in [4.69, 9.17) is 24.7 Å². The summed E-state index contributed by atoms with van der Waals surface area (Å²) in [5, 5.41) is 2.38. The van der Waals surface area contributed by atoms with Gasteiger partial charge in [0.2, 0.25) is 0 Å². The Bertz CT molecular complexity index is 1430. The quantitative estimate of drug-likeness (QED) is 0.312. The number of urea groups is 1. The van der Waals surface area contributed by atoms with Crippen LogP contribution in [0.25, 0.3) is 0 Å². The fourth-order valence-corrected chi connectivity index (χ4v) is 4.34. The molecule has 0 spiro atoms. The first-order valence-corrected chi connectivity index (χ1v) is 12.7. The molecular weight excluding hydrogens is 532 g/mol. The summed E-state index contributed by atoms with van der Waals surface area (Å²) in [6, 6.07) is 24.0. The maximum Gasteiger partial charge on any atom is 0.338 e. The third-order valence-electron chi connectivity index (χ3n) is 6.38. The predicted octanol–water partition coefficient (Wildman–Crippen LogP) is 2.32. The van der Waals surface area contributed by atoms with E-state index in [0.717, 1.165) is 4.90 Å². The van der Waals surface area contributed by atoms with Crippen LogP contribution in [0.3, 0.4) is 0 Å². The lowest BCUT2D eigenvalue weighted by molar-refractivity contribution is -0.0849. The van der Waals surface area contributed by atoms with Gasteiger partial charge in [-0.15, -0.1) is 0 Å². The lowest BCUT2D eigenvalue weighted by atomic mass is 10.1. The summed E-state index contributed by atoms with van der Waals surface area (Å²) in [5.41, 5.74) is 6.39. The minimum atomic E-state index is -1.32. The van der Waals surface area contributed by atoms with Crippen molar-refractivity contribution < 1.29 is 38.1 Å². The summed E-state index contributed by atoms with van der Waals surface area (Å²) < 4.78 is 23.2. The molecule has 0 aromatic heterocycles. The van der Waals surface area contributed by atoms with Gasteiger partial charge in [-0.05, 0) is 36.4 Å². The highest BCUT2D eigenvalue weighted by atomic mass is 16.7. The molecule has 2 aliphatic rings. The summed E-state index contributed by atoms with van der Waals surface area (Å²) >= 11 is 0. The van der Waals surface area contributed by atoms with Gasteiger partial charge in [0.15, 0.2) is 24.4 Å². The van der Waals surface area contributed by atoms with Crippen LogP contribution in [0.5, 0.6) is 0 Å². The van der Waals surface area contributed by atoms with E-state index in [0.29, 0.717) is 5.56 Å². The number of hydrogen-bond donors (Lipinski definition) is 2. The Balaban J connectivity index is 1.46. The second kappa shape index (κ2) is 12.3. The maximum atomic E-state index is 13.2. The highest BCUT2D eigenvalue weighted by Crippen LogP contribution is 2.32. The number of nitrogens with two attached hydrogens (primary N) is 1. The van der Waals surface area contributed by atoms with E-state index >= 15 is 0 Å². The molecule has 4 atom stereocenters. The molecule has 41 heavy (non-hydrogen) atoms. The van der Waals surface area contributed by atoms with Crippen LogP contribution in [0, 0.1) is 0 Å². The van der Waals surface area contributed by atoms with E-state index < -0.39 is 48.5 Å². The van der Waals surface area contributed by atoms with Crippen LogP contribution < -0.4 is 11.1 Å². The lowest BCUT2D eigenvalue weighted by Gasteiger charge is -2.33. The van der Waals surface area contributed by atoms with Gasteiger partial charge in [0.1, 0.15) is 19.4 Å². The molecule has 12 nitrogen and oxygen atoms in total. The molecule has 2 heterocycles. The zero-order valence-electron chi connectivity index (χ0n) is 21.6. The number of esters is 3. The van der Waals surface area contributed by atoms with Gasteiger partial charge in [-0.2, -0.15) is 0 Å². The smallest absolute Gasteiger partial charge is 0.338 e. The van der Waals surface area contributed by atoms with Crippen molar-refractivity contribution in [3.63, 3.8) is 0 Å². The number of carbonyl (C=O) groups excluding carboxylic acids is 4. The summed E-state index contributed by atoms with van der Waals surface area (Å²) in [7, 11) is 0. The minimum Gasteiger partial charge on any atom is -0.459 e. The molecular formula is C29H26N4O8. The average Bonchev–Trinajstić information content (AvgIpc) is 3.33. The van der Waals surface area contributed by atoms with Crippen molar-refractivity contribution >= 4 is 29.9 Å². The van der Waals surface area contributed by atoms with E-state index in [2.05, 4.69) is 10.3 Å². The second-order valence-corrected chi connectivity index (χ2v) is 9.09. The Labute approximate surface area is 234 Å². The average molecular weight is 559 g/mol. The van der Waals surface area contributed by atoms with E-state index in [1.165, 1.54) is 0 Å². The number of aliphatic imine (C=N–C) groups is 1. The fraction of sp³-hybridized carbons (Fsp3) is 0.207. The van der Waals surface area contributed by atoms with Gasteiger partial charge in [0.05, 0.1) is 16.7 Å². The van der Waals surface area contributed by atoms with Crippen LogP contribution in [0.4, 0.5) is 4.79 Å². The van der Waals surface area contributed by atoms with Gasteiger partial charge in [-0.3, -0.25) is 10.2 Å². The number of nitrogens with zero attached hydrogens (tertiary/aromatic N) is 2. The SMILES string of the molecule is NC1=NCN(C2OC(COC(=O)c3ccccc3)C(OC(=O)c3ccccc3)C2OC(=O)c2ccccc2)C(=O)N1. The topological polar surface area (TPSA) is 159 Å². The van der Waals surface area contributed by atoms with Gasteiger partial charge in [-0.1, -0.05) is 54.6 Å². The zero-order valence-corrected chi connectivity index (χ0v) is 21.6. The third-order valence-corrected chi connectivity index (χ3v) is 6.38. The van der Waals surface area contributed by atoms with Crippen molar-refractivity contribution in [2.24, 2.45) is 10.7 Å². The molecule has 5 rings (SSSR count). The summed E-state index contributed by atoms with van der Waals surface area (Å²) in [6.07, 6.45) is -4.99. The summed E-state index contributed by atoms with van der Waals surface area (Å²) in [5.74, 6) is -2.21. The molecule has 3 aromatic carbocycles. The van der Waals surface area contributed by atoms with Crippen LogP contribution in [0.15, 0.2) is 96.0 Å². The molecule has 2 amide bonds. The summed E-state index contributed by atoms with van der Waals surface area (Å²) in [4.78, 5) is 57.0. The zero-order chi connectivity index (χ0) is 28.8. The molecule has 4 unspecified atom stereocenters. The first-order valence-electron chi connectivity index (χ1n) is 12.7. The standard InChI is InChI=1S/C29H26N4O8/c30-28-31-17-33(29(37)32-28)24-23(41-27(36)20-14-8-3-9-15-20)22(40-26(35)19-12-6-2-7-13-19)21(39-24)16-38-25(34)18-10-4-1-5-11-18/h1-15,21-24H,16-17H2,(H3,30,31,32,37). The van der Waals surface area contributed by atoms with E-state index in [9.17, 15) is 19.2 Å². The first kappa shape index (κ1) is 27.3. The number of guanidine groups is 1. The van der Waals surface area contributed by atoms with Crippen molar-refractivity contribution in [2.75, 3.05) is 13.3 Å². The number of carbonyl (C=O) groups is 4. The lowest BCUT2D eigenvalue weighted by Crippen LogP contribution is -2.57. The molecule has 2 aliphatic heterocycles. The maximum absolute atomic E-state index is 13.2. The molecule has 0 radical (unpaired) electrons. The molecule has 12 heteroatoms. The minimum absolute atomic E-state index is 0.0949. The van der Waals surface area contributed by atoms with Crippen LogP contribution in [-0.2, 0) is 18.9 Å². The Kier molecular flexibility index (Phi) is 8.20.